The van der Waals surface area contributed by atoms with E-state index >= 15 is 0 Å². The Morgan fingerprint density at radius 3 is 0.800 bits per heavy atom. The monoisotopic (exact) mass is 301 g/mol. The Hall–Kier alpha value is 1.71. The summed E-state index contributed by atoms with van der Waals surface area (Å²) in [4.78, 5) is 50.5. The molecule has 0 fully saturated rings. The number of hydrogen-bond acceptors (Lipinski definition) is 6. The maximum atomic E-state index is 8.42. The van der Waals surface area contributed by atoms with Crippen LogP contribution in [0.4, 0.5) is 0 Å². The first-order chi connectivity index (χ1) is 4.46. The van der Waals surface area contributed by atoms with Crippen molar-refractivity contribution in [3.63, 3.8) is 0 Å². The molecule has 10 heavy (non-hydrogen) atoms. The molecule has 0 aromatic heterocycles. The normalized spacial score (nSPS) is 13.5. The zero-order valence-electron chi connectivity index (χ0n) is 4.34. The molecule has 0 radical (unpaired) electrons. The molecule has 6 N–H and O–H groups in total. The molecule has 0 bridgehead atoms. The Balaban J connectivity index is 3.98. The summed E-state index contributed by atoms with van der Waals surface area (Å²) in [7, 11) is 0. The summed E-state index contributed by atoms with van der Waals surface area (Å²) in [5.41, 5.74) is 0. The standard InChI is InChI=1S/3H2O2P.Pd/c3*1-3-2;/h3*1-2H;/q3*-1;+3. The van der Waals surface area contributed by atoms with Crippen LogP contribution in [0.5, 0.6) is 0 Å². The van der Waals surface area contributed by atoms with E-state index in [4.69, 9.17) is 29.4 Å². The first-order valence-corrected chi connectivity index (χ1v) is 11.1. The summed E-state index contributed by atoms with van der Waals surface area (Å²) in [6.07, 6.45) is 0. The van der Waals surface area contributed by atoms with Crippen molar-refractivity contribution in [2.24, 2.45) is 0 Å². The van der Waals surface area contributed by atoms with Gasteiger partial charge in [0, 0.05) is 0 Å². The van der Waals surface area contributed by atoms with E-state index in [1.165, 1.54) is 0 Å². The Bertz CT molecular complexity index is 74.0. The van der Waals surface area contributed by atoms with Gasteiger partial charge in [0.1, 0.15) is 0 Å². The third kappa shape index (κ3) is 3.92. The zero-order chi connectivity index (χ0) is 8.31. The van der Waals surface area contributed by atoms with Gasteiger partial charge in [-0.2, -0.15) is 0 Å². The molecule has 0 saturated carbocycles. The second kappa shape index (κ2) is 5.37. The molecule has 67 valence electrons. The maximum absolute atomic E-state index is 8.42. The third-order valence-electron chi connectivity index (χ3n) is 0.339. The molecule has 0 saturated heterocycles. The molecule has 0 rings (SSSR count). The van der Waals surface area contributed by atoms with Gasteiger partial charge in [-0.05, 0) is 0 Å². The summed E-state index contributed by atoms with van der Waals surface area (Å²) < 4.78 is 0. The summed E-state index contributed by atoms with van der Waals surface area (Å²) in [6.45, 7) is -7.71. The van der Waals surface area contributed by atoms with Crippen molar-refractivity contribution < 1.29 is 44.6 Å². The first kappa shape index (κ1) is 11.7. The van der Waals surface area contributed by atoms with Crippen LogP contribution in [0.1, 0.15) is 0 Å². The predicted molar refractivity (Wildman–Crippen MR) is 34.1 cm³/mol. The molecule has 0 aromatic carbocycles. The molecule has 0 unspecified atom stereocenters. The van der Waals surface area contributed by atoms with Crippen LogP contribution in [0.25, 0.3) is 0 Å². The van der Waals surface area contributed by atoms with Crippen LogP contribution in [0.3, 0.4) is 0 Å². The SMILES string of the molecule is O[P](O)[Pd]([P](O)O)[P](O)O. The predicted octanol–water partition coefficient (Wildman–Crippen LogP) is -0.761. The van der Waals surface area contributed by atoms with Crippen molar-refractivity contribution in [2.45, 2.75) is 0 Å². The van der Waals surface area contributed by atoms with Gasteiger partial charge in [-0.1, -0.05) is 0 Å². The minimum absolute atomic E-state index is 2.57. The summed E-state index contributed by atoms with van der Waals surface area (Å²) in [5, 5.41) is 0. The van der Waals surface area contributed by atoms with Gasteiger partial charge in [0.2, 0.25) is 0 Å². The molecular weight excluding hydrogens is 295 g/mol. The van der Waals surface area contributed by atoms with E-state index in [1.54, 1.807) is 0 Å². The van der Waals surface area contributed by atoms with Crippen molar-refractivity contribution in [1.82, 2.24) is 0 Å². The molecule has 0 spiro atoms. The summed E-state index contributed by atoms with van der Waals surface area (Å²) in [6, 6.07) is 0. The Morgan fingerprint density at radius 1 is 0.600 bits per heavy atom. The molecule has 0 aliphatic rings. The molecule has 10 heteroatoms. The fourth-order valence-electron chi connectivity index (χ4n) is 0.152. The van der Waals surface area contributed by atoms with E-state index in [-0.39, 0.29) is 0 Å². The molecule has 0 aliphatic heterocycles. The Morgan fingerprint density at radius 2 is 0.800 bits per heavy atom. The number of rotatable bonds is 3. The molecule has 6 nitrogen and oxygen atoms in total. The Kier molecular flexibility index (Phi) is 6.29. The fraction of sp³-hybridized carbons (Fsp3) is 0. The number of hydrogen-bond donors (Lipinski definition) is 6. The molecular formula is H6O6P3Pd. The van der Waals surface area contributed by atoms with Crippen molar-refractivity contribution in [3.8, 4) is 0 Å². The van der Waals surface area contributed by atoms with Gasteiger partial charge in [0.15, 0.2) is 0 Å². The van der Waals surface area contributed by atoms with E-state index in [1.807, 2.05) is 0 Å². The van der Waals surface area contributed by atoms with Crippen LogP contribution in [0.2, 0.25) is 0 Å². The van der Waals surface area contributed by atoms with Gasteiger partial charge in [-0.15, -0.1) is 0 Å². The van der Waals surface area contributed by atoms with Crippen LogP contribution in [0, 0.1) is 0 Å². The average molecular weight is 301 g/mol. The van der Waals surface area contributed by atoms with Crippen LogP contribution in [-0.2, 0) is 15.3 Å². The fourth-order valence-corrected chi connectivity index (χ4v) is 8.08. The van der Waals surface area contributed by atoms with E-state index in [9.17, 15) is 0 Å². The van der Waals surface area contributed by atoms with Crippen molar-refractivity contribution >= 4 is 19.7 Å². The van der Waals surface area contributed by atoms with E-state index < -0.39 is 35.0 Å². The van der Waals surface area contributed by atoms with E-state index in [0.29, 0.717) is 0 Å². The molecule has 0 amide bonds. The van der Waals surface area contributed by atoms with Gasteiger partial charge in [0.05, 0.1) is 0 Å². The molecule has 0 aliphatic carbocycles. The van der Waals surface area contributed by atoms with Crippen molar-refractivity contribution in [1.29, 1.82) is 0 Å². The second-order valence-corrected chi connectivity index (χ2v) is 17.6. The summed E-state index contributed by atoms with van der Waals surface area (Å²) >= 11 is -2.71. The van der Waals surface area contributed by atoms with Crippen LogP contribution < -0.4 is 0 Å². The first-order valence-electron chi connectivity index (χ1n) is 1.62. The topological polar surface area (TPSA) is 121 Å². The van der Waals surface area contributed by atoms with E-state index in [2.05, 4.69) is 0 Å². The average Bonchev–Trinajstić information content (AvgIpc) is 1.59. The molecule has 0 heterocycles. The molecule has 0 aromatic rings. The Labute approximate surface area is 64.6 Å². The van der Waals surface area contributed by atoms with Gasteiger partial charge in [-0.25, -0.2) is 0 Å². The van der Waals surface area contributed by atoms with Gasteiger partial charge < -0.3 is 0 Å². The van der Waals surface area contributed by atoms with Crippen LogP contribution in [-0.4, -0.2) is 29.4 Å². The van der Waals surface area contributed by atoms with Gasteiger partial charge >= 0.3 is 64.3 Å². The minimum atomic E-state index is -2.71. The zero-order valence-corrected chi connectivity index (χ0v) is 8.58. The summed E-state index contributed by atoms with van der Waals surface area (Å²) in [5.74, 6) is 0. The quantitative estimate of drug-likeness (QED) is 0.301. The van der Waals surface area contributed by atoms with Crippen LogP contribution in [0.15, 0.2) is 0 Å². The van der Waals surface area contributed by atoms with Crippen molar-refractivity contribution in [3.05, 3.63) is 0 Å². The van der Waals surface area contributed by atoms with Crippen molar-refractivity contribution in [2.75, 3.05) is 0 Å². The van der Waals surface area contributed by atoms with Gasteiger partial charge in [0.25, 0.3) is 0 Å². The van der Waals surface area contributed by atoms with E-state index in [0.717, 1.165) is 0 Å². The third-order valence-corrected chi connectivity index (χ3v) is 18.1. The second-order valence-electron chi connectivity index (χ2n) is 0.838. The molecule has 0 atom stereocenters. The van der Waals surface area contributed by atoms with Crippen LogP contribution >= 0.6 is 19.7 Å². The van der Waals surface area contributed by atoms with Gasteiger partial charge in [-0.3, -0.25) is 0 Å².